The fourth-order valence-corrected chi connectivity index (χ4v) is 3.98. The van der Waals surface area contributed by atoms with Crippen molar-refractivity contribution in [1.29, 1.82) is 0 Å². The topological polar surface area (TPSA) is 104 Å². The summed E-state index contributed by atoms with van der Waals surface area (Å²) in [5.74, 6) is -1.17. The highest BCUT2D eigenvalue weighted by atomic mass is 32.1. The number of rotatable bonds is 5. The Kier molecular flexibility index (Phi) is 5.72. The molecule has 8 nitrogen and oxygen atoms in total. The van der Waals surface area contributed by atoms with E-state index in [4.69, 9.17) is 0 Å². The number of nitrogens with one attached hydrogen (secondary N) is 2. The van der Waals surface area contributed by atoms with Crippen molar-refractivity contribution in [3.05, 3.63) is 53.8 Å². The summed E-state index contributed by atoms with van der Waals surface area (Å²) in [6, 6.07) is 11.0. The standard InChI is InChI=1S/C21H18FN5O3S/c1-12(28)23-15-6-7-16-18(10-15)31-21(24-16)25-20(30)17-8-9-19(29)27(26-17)11-13-2-4-14(22)5-3-13/h2-7,10H,8-9,11H2,1H3,(H,23,28)(H,24,25,30). The molecule has 4 rings (SSSR count). The van der Waals surface area contributed by atoms with E-state index in [0.29, 0.717) is 21.9 Å². The Morgan fingerprint density at radius 3 is 2.65 bits per heavy atom. The van der Waals surface area contributed by atoms with E-state index in [2.05, 4.69) is 20.7 Å². The zero-order valence-corrected chi connectivity index (χ0v) is 17.3. The van der Waals surface area contributed by atoms with Crippen LogP contribution in [-0.2, 0) is 20.9 Å². The van der Waals surface area contributed by atoms with Gasteiger partial charge in [-0.25, -0.2) is 14.4 Å². The summed E-state index contributed by atoms with van der Waals surface area (Å²) in [5, 5.41) is 11.3. The Hall–Kier alpha value is -3.66. The molecule has 3 aromatic rings. The molecule has 0 saturated carbocycles. The molecule has 1 aromatic heterocycles. The summed E-state index contributed by atoms with van der Waals surface area (Å²) in [6.07, 6.45) is 0.384. The van der Waals surface area contributed by atoms with E-state index >= 15 is 0 Å². The Bertz CT molecular complexity index is 1210. The zero-order valence-electron chi connectivity index (χ0n) is 16.5. The van der Waals surface area contributed by atoms with E-state index in [9.17, 15) is 18.8 Å². The van der Waals surface area contributed by atoms with Gasteiger partial charge in [-0.2, -0.15) is 5.10 Å². The van der Waals surface area contributed by atoms with E-state index in [-0.39, 0.29) is 42.7 Å². The maximum Gasteiger partial charge on any atom is 0.273 e. The molecule has 1 aliphatic heterocycles. The van der Waals surface area contributed by atoms with Crippen molar-refractivity contribution in [3.8, 4) is 0 Å². The van der Waals surface area contributed by atoms with Crippen LogP contribution < -0.4 is 10.6 Å². The molecule has 3 amide bonds. The number of anilines is 2. The molecule has 158 valence electrons. The van der Waals surface area contributed by atoms with Crippen LogP contribution in [0.15, 0.2) is 47.6 Å². The minimum atomic E-state index is -0.433. The first-order chi connectivity index (χ1) is 14.9. The molecule has 0 unspecified atom stereocenters. The van der Waals surface area contributed by atoms with Gasteiger partial charge in [0.25, 0.3) is 5.91 Å². The highest BCUT2D eigenvalue weighted by molar-refractivity contribution is 7.22. The second-order valence-corrected chi connectivity index (χ2v) is 7.99. The molecule has 1 aliphatic rings. The third-order valence-electron chi connectivity index (χ3n) is 4.54. The van der Waals surface area contributed by atoms with Crippen LogP contribution in [0.3, 0.4) is 0 Å². The average Bonchev–Trinajstić information content (AvgIpc) is 3.12. The van der Waals surface area contributed by atoms with Gasteiger partial charge in [0.1, 0.15) is 11.5 Å². The molecule has 0 bridgehead atoms. The highest BCUT2D eigenvalue weighted by Crippen LogP contribution is 2.28. The van der Waals surface area contributed by atoms with Crippen molar-refractivity contribution in [2.24, 2.45) is 5.10 Å². The van der Waals surface area contributed by atoms with Gasteiger partial charge in [-0.15, -0.1) is 0 Å². The van der Waals surface area contributed by atoms with Crippen molar-refractivity contribution in [2.75, 3.05) is 10.6 Å². The molecule has 0 saturated heterocycles. The highest BCUT2D eigenvalue weighted by Gasteiger charge is 2.25. The monoisotopic (exact) mass is 439 g/mol. The van der Waals surface area contributed by atoms with Gasteiger partial charge in [-0.1, -0.05) is 23.5 Å². The van der Waals surface area contributed by atoms with E-state index in [1.54, 1.807) is 30.3 Å². The second kappa shape index (κ2) is 8.60. The first-order valence-corrected chi connectivity index (χ1v) is 10.3. The maximum atomic E-state index is 13.1. The molecule has 31 heavy (non-hydrogen) atoms. The quantitative estimate of drug-likeness (QED) is 0.635. The van der Waals surface area contributed by atoms with Crippen LogP contribution in [-0.4, -0.2) is 33.4 Å². The number of hydrazone groups is 1. The minimum absolute atomic E-state index is 0.156. The van der Waals surface area contributed by atoms with Crippen LogP contribution in [0.1, 0.15) is 25.3 Å². The summed E-state index contributed by atoms with van der Waals surface area (Å²) >= 11 is 1.27. The van der Waals surface area contributed by atoms with Crippen LogP contribution in [0, 0.1) is 5.82 Å². The van der Waals surface area contributed by atoms with Gasteiger partial charge >= 0.3 is 0 Å². The summed E-state index contributed by atoms with van der Waals surface area (Å²) in [6.45, 7) is 1.58. The van der Waals surface area contributed by atoms with Gasteiger partial charge in [-0.05, 0) is 35.9 Å². The third kappa shape index (κ3) is 4.92. The van der Waals surface area contributed by atoms with E-state index in [1.165, 1.54) is 35.4 Å². The van der Waals surface area contributed by atoms with Gasteiger partial charge in [-0.3, -0.25) is 19.7 Å². The smallest absolute Gasteiger partial charge is 0.273 e. The number of nitrogens with zero attached hydrogens (tertiary/aromatic N) is 3. The number of hydrogen-bond acceptors (Lipinski definition) is 6. The number of halogens is 1. The summed E-state index contributed by atoms with van der Waals surface area (Å²) < 4.78 is 13.9. The molecule has 0 radical (unpaired) electrons. The number of hydrogen-bond donors (Lipinski definition) is 2. The number of fused-ring (bicyclic) bond motifs is 1. The number of carbonyl (C=O) groups is 3. The fraction of sp³-hybridized carbons (Fsp3) is 0.190. The molecular formula is C21H18FN5O3S. The Morgan fingerprint density at radius 1 is 1.13 bits per heavy atom. The lowest BCUT2D eigenvalue weighted by molar-refractivity contribution is -0.132. The molecule has 10 heteroatoms. The van der Waals surface area contributed by atoms with Crippen LogP contribution in [0.2, 0.25) is 0 Å². The van der Waals surface area contributed by atoms with Gasteiger partial charge in [0.2, 0.25) is 11.8 Å². The lowest BCUT2D eigenvalue weighted by atomic mass is 10.1. The van der Waals surface area contributed by atoms with Crippen LogP contribution in [0.25, 0.3) is 10.2 Å². The SMILES string of the molecule is CC(=O)Nc1ccc2nc(NC(=O)C3=NN(Cc4ccc(F)cc4)C(=O)CC3)sc2c1. The molecule has 0 atom stereocenters. The summed E-state index contributed by atoms with van der Waals surface area (Å²) in [7, 11) is 0. The number of carbonyl (C=O) groups excluding carboxylic acids is 3. The number of thiazole rings is 1. The maximum absolute atomic E-state index is 13.1. The van der Waals surface area contributed by atoms with Gasteiger partial charge in [0.15, 0.2) is 5.13 Å². The molecule has 2 aromatic carbocycles. The predicted octanol–water partition coefficient (Wildman–Crippen LogP) is 3.51. The average molecular weight is 439 g/mol. The van der Waals surface area contributed by atoms with Crippen LogP contribution in [0.4, 0.5) is 15.2 Å². The van der Waals surface area contributed by atoms with Crippen molar-refractivity contribution in [1.82, 2.24) is 9.99 Å². The molecule has 2 N–H and O–H groups in total. The zero-order chi connectivity index (χ0) is 22.0. The lowest BCUT2D eigenvalue weighted by Crippen LogP contribution is -2.36. The molecular weight excluding hydrogens is 421 g/mol. The number of aromatic nitrogens is 1. The van der Waals surface area contributed by atoms with Crippen LogP contribution in [0.5, 0.6) is 0 Å². The molecule has 0 aliphatic carbocycles. The summed E-state index contributed by atoms with van der Waals surface area (Å²) in [4.78, 5) is 40.5. The van der Waals surface area contributed by atoms with Gasteiger partial charge in [0.05, 0.1) is 16.8 Å². The van der Waals surface area contributed by atoms with Crippen LogP contribution >= 0.6 is 11.3 Å². The predicted molar refractivity (Wildman–Crippen MR) is 116 cm³/mol. The van der Waals surface area contributed by atoms with E-state index < -0.39 is 5.91 Å². The first-order valence-electron chi connectivity index (χ1n) is 9.49. The number of benzene rings is 2. The Balaban J connectivity index is 1.48. The Morgan fingerprint density at radius 2 is 1.90 bits per heavy atom. The first kappa shape index (κ1) is 20.6. The third-order valence-corrected chi connectivity index (χ3v) is 5.48. The van der Waals surface area contributed by atoms with Crippen molar-refractivity contribution in [2.45, 2.75) is 26.3 Å². The van der Waals surface area contributed by atoms with Gasteiger partial charge < -0.3 is 5.32 Å². The molecule has 2 heterocycles. The van der Waals surface area contributed by atoms with Crippen molar-refractivity contribution in [3.63, 3.8) is 0 Å². The number of amides is 3. The van der Waals surface area contributed by atoms with E-state index in [1.807, 2.05) is 0 Å². The van der Waals surface area contributed by atoms with Crippen molar-refractivity contribution < 1.29 is 18.8 Å². The second-order valence-electron chi connectivity index (χ2n) is 6.96. The largest absolute Gasteiger partial charge is 0.326 e. The molecule has 0 fully saturated rings. The lowest BCUT2D eigenvalue weighted by Gasteiger charge is -2.23. The summed E-state index contributed by atoms with van der Waals surface area (Å²) in [5.41, 5.74) is 2.27. The van der Waals surface area contributed by atoms with Gasteiger partial charge in [0, 0.05) is 25.5 Å². The van der Waals surface area contributed by atoms with E-state index in [0.717, 1.165) is 4.70 Å². The normalized spacial score (nSPS) is 13.8. The molecule has 0 spiro atoms. The Labute approximate surface area is 180 Å². The van der Waals surface area contributed by atoms with Crippen molar-refractivity contribution >= 4 is 55.8 Å². The minimum Gasteiger partial charge on any atom is -0.326 e. The fourth-order valence-electron chi connectivity index (χ4n) is 3.08.